The van der Waals surface area contributed by atoms with Crippen LogP contribution in [-0.2, 0) is 0 Å². The molecule has 0 aliphatic rings. The minimum atomic E-state index is -1.53. The molecule has 0 bridgehead atoms. The summed E-state index contributed by atoms with van der Waals surface area (Å²) in [4.78, 5) is 21.6. The van der Waals surface area contributed by atoms with Crippen molar-refractivity contribution in [3.8, 4) is 0 Å². The fourth-order valence-corrected chi connectivity index (χ4v) is 1.88. The van der Waals surface area contributed by atoms with Crippen molar-refractivity contribution in [2.24, 2.45) is 0 Å². The van der Waals surface area contributed by atoms with Gasteiger partial charge in [0.15, 0.2) is 0 Å². The van der Waals surface area contributed by atoms with Crippen LogP contribution in [0.4, 0.5) is 14.5 Å². The minimum Gasteiger partial charge on any atom is -0.394 e. The number of halogens is 2. The molecule has 116 valence electrons. The number of aliphatic hydroxyl groups is 1. The van der Waals surface area contributed by atoms with Gasteiger partial charge in [0, 0.05) is 6.07 Å². The molecule has 0 unspecified atom stereocenters. The Labute approximate surface area is 119 Å². The third kappa shape index (κ3) is 3.33. The van der Waals surface area contributed by atoms with E-state index in [1.54, 1.807) is 13.8 Å². The van der Waals surface area contributed by atoms with Crippen molar-refractivity contribution >= 4 is 11.6 Å². The van der Waals surface area contributed by atoms with E-state index in [-0.39, 0.29) is 0 Å². The van der Waals surface area contributed by atoms with E-state index in [4.69, 9.17) is 0 Å². The van der Waals surface area contributed by atoms with Crippen LogP contribution in [0, 0.1) is 21.7 Å². The van der Waals surface area contributed by atoms with E-state index in [2.05, 4.69) is 5.32 Å². The first kappa shape index (κ1) is 17.0. The van der Waals surface area contributed by atoms with Crippen molar-refractivity contribution in [3.05, 3.63) is 39.4 Å². The molecule has 0 radical (unpaired) electrons. The molecule has 6 nitrogen and oxygen atoms in total. The van der Waals surface area contributed by atoms with Gasteiger partial charge in [-0.05, 0) is 18.9 Å². The molecule has 21 heavy (non-hydrogen) atoms. The van der Waals surface area contributed by atoms with Crippen molar-refractivity contribution < 1.29 is 23.6 Å². The summed E-state index contributed by atoms with van der Waals surface area (Å²) < 4.78 is 27.6. The van der Waals surface area contributed by atoms with Crippen molar-refractivity contribution in [3.63, 3.8) is 0 Å². The van der Waals surface area contributed by atoms with Gasteiger partial charge in [-0.25, -0.2) is 4.39 Å². The predicted molar refractivity (Wildman–Crippen MR) is 70.9 cm³/mol. The molecule has 1 aromatic rings. The lowest BCUT2D eigenvalue weighted by Gasteiger charge is -2.30. The fraction of sp³-hybridized carbons (Fsp3) is 0.462. The van der Waals surface area contributed by atoms with Crippen LogP contribution < -0.4 is 5.32 Å². The molecule has 0 fully saturated rings. The maximum atomic E-state index is 13.9. The number of nitrogens with one attached hydrogen (secondary N) is 1. The van der Waals surface area contributed by atoms with Crippen molar-refractivity contribution in [1.82, 2.24) is 5.32 Å². The number of amides is 1. The second-order valence-electron chi connectivity index (χ2n) is 4.61. The highest BCUT2D eigenvalue weighted by molar-refractivity contribution is 5.96. The highest BCUT2D eigenvalue weighted by Crippen LogP contribution is 2.24. The molecule has 1 rings (SSSR count). The average molecular weight is 302 g/mol. The molecule has 0 aliphatic heterocycles. The Balaban J connectivity index is 3.25. The van der Waals surface area contributed by atoms with Gasteiger partial charge in [0.25, 0.3) is 5.91 Å². The standard InChI is InChI=1S/C13H16F2N2O4/c1-3-13(4-2,7-18)16-12(19)10-8(14)5-6-9(11(10)15)17(20)21/h5-6,18H,3-4,7H2,1-2H3,(H,16,19). The number of rotatable bonds is 6. The molecular formula is C13H16F2N2O4. The van der Waals surface area contributed by atoms with E-state index >= 15 is 0 Å². The number of benzene rings is 1. The van der Waals surface area contributed by atoms with E-state index in [1.807, 2.05) is 0 Å². The Hall–Kier alpha value is -2.09. The molecule has 0 saturated carbocycles. The topological polar surface area (TPSA) is 92.5 Å². The van der Waals surface area contributed by atoms with Gasteiger partial charge in [0.2, 0.25) is 5.82 Å². The van der Waals surface area contributed by atoms with Crippen LogP contribution in [0.5, 0.6) is 0 Å². The normalized spacial score (nSPS) is 11.3. The second-order valence-corrected chi connectivity index (χ2v) is 4.61. The van der Waals surface area contributed by atoms with Crippen LogP contribution in [0.15, 0.2) is 12.1 Å². The van der Waals surface area contributed by atoms with Crippen molar-refractivity contribution in [1.29, 1.82) is 0 Å². The van der Waals surface area contributed by atoms with Crippen molar-refractivity contribution in [2.45, 2.75) is 32.2 Å². The lowest BCUT2D eigenvalue weighted by atomic mass is 9.93. The number of aliphatic hydroxyl groups excluding tert-OH is 1. The van der Waals surface area contributed by atoms with Crippen LogP contribution in [0.2, 0.25) is 0 Å². The van der Waals surface area contributed by atoms with Gasteiger partial charge >= 0.3 is 5.69 Å². The van der Waals surface area contributed by atoms with E-state index in [1.165, 1.54) is 0 Å². The maximum absolute atomic E-state index is 13.9. The van der Waals surface area contributed by atoms with Crippen LogP contribution in [-0.4, -0.2) is 28.1 Å². The summed E-state index contributed by atoms with van der Waals surface area (Å²) >= 11 is 0. The largest absolute Gasteiger partial charge is 0.394 e. The van der Waals surface area contributed by atoms with Gasteiger partial charge in [-0.1, -0.05) is 13.8 Å². The van der Waals surface area contributed by atoms with Gasteiger partial charge in [0.05, 0.1) is 17.1 Å². The Morgan fingerprint density at radius 2 is 1.95 bits per heavy atom. The summed E-state index contributed by atoms with van der Waals surface area (Å²) in [6.07, 6.45) is 0.674. The van der Waals surface area contributed by atoms with Crippen LogP contribution in [0.25, 0.3) is 0 Å². The zero-order valence-corrected chi connectivity index (χ0v) is 11.7. The van der Waals surface area contributed by atoms with Gasteiger partial charge in [0.1, 0.15) is 11.4 Å². The van der Waals surface area contributed by atoms with Crippen LogP contribution in [0.1, 0.15) is 37.0 Å². The first-order chi connectivity index (χ1) is 9.81. The Bertz CT molecular complexity index is 551. The van der Waals surface area contributed by atoms with Gasteiger partial charge in [-0.15, -0.1) is 0 Å². The number of carbonyl (C=O) groups is 1. The molecular weight excluding hydrogens is 286 g/mol. The Kier molecular flexibility index (Phi) is 5.31. The summed E-state index contributed by atoms with van der Waals surface area (Å²) in [5, 5.41) is 22.3. The third-order valence-electron chi connectivity index (χ3n) is 3.53. The fourth-order valence-electron chi connectivity index (χ4n) is 1.88. The monoisotopic (exact) mass is 302 g/mol. The quantitative estimate of drug-likeness (QED) is 0.622. The molecule has 0 atom stereocenters. The first-order valence-corrected chi connectivity index (χ1v) is 6.37. The van der Waals surface area contributed by atoms with Gasteiger partial charge in [-0.3, -0.25) is 14.9 Å². The zero-order valence-electron chi connectivity index (χ0n) is 11.7. The second kappa shape index (κ2) is 6.57. The minimum absolute atomic E-state index is 0.337. The maximum Gasteiger partial charge on any atom is 0.305 e. The van der Waals surface area contributed by atoms with E-state index in [9.17, 15) is 28.8 Å². The number of nitro groups is 1. The summed E-state index contributed by atoms with van der Waals surface area (Å²) in [7, 11) is 0. The molecule has 1 amide bonds. The molecule has 1 aromatic carbocycles. The average Bonchev–Trinajstić information content (AvgIpc) is 2.44. The third-order valence-corrected chi connectivity index (χ3v) is 3.53. The molecule has 0 spiro atoms. The van der Waals surface area contributed by atoms with Crippen molar-refractivity contribution in [2.75, 3.05) is 6.61 Å². The molecule has 0 heterocycles. The number of nitrogens with zero attached hydrogens (tertiary/aromatic N) is 1. The SMILES string of the molecule is CCC(CC)(CO)NC(=O)c1c(F)ccc([N+](=O)[O-])c1F. The molecule has 0 aliphatic carbocycles. The first-order valence-electron chi connectivity index (χ1n) is 6.37. The van der Waals surface area contributed by atoms with Crippen LogP contribution >= 0.6 is 0 Å². The van der Waals surface area contributed by atoms with E-state index < -0.39 is 45.9 Å². The molecule has 0 aromatic heterocycles. The number of hydrogen-bond donors (Lipinski definition) is 2. The highest BCUT2D eigenvalue weighted by atomic mass is 19.1. The molecule has 8 heteroatoms. The summed E-state index contributed by atoms with van der Waals surface area (Å²) in [5.41, 5.74) is -3.03. The highest BCUT2D eigenvalue weighted by Gasteiger charge is 2.32. The van der Waals surface area contributed by atoms with Gasteiger partial charge < -0.3 is 10.4 Å². The van der Waals surface area contributed by atoms with E-state index in [0.717, 1.165) is 0 Å². The summed E-state index contributed by atoms with van der Waals surface area (Å²) in [5.74, 6) is -3.86. The lowest BCUT2D eigenvalue weighted by molar-refractivity contribution is -0.387. The zero-order chi connectivity index (χ0) is 16.2. The Morgan fingerprint density at radius 1 is 1.38 bits per heavy atom. The lowest BCUT2D eigenvalue weighted by Crippen LogP contribution is -2.50. The Morgan fingerprint density at radius 3 is 2.38 bits per heavy atom. The number of hydrogen-bond acceptors (Lipinski definition) is 4. The predicted octanol–water partition coefficient (Wildman–Crippen LogP) is 2.15. The molecule has 2 N–H and O–H groups in total. The van der Waals surface area contributed by atoms with E-state index in [0.29, 0.717) is 25.0 Å². The summed E-state index contributed by atoms with van der Waals surface area (Å²) in [6.45, 7) is 2.98. The van der Waals surface area contributed by atoms with Crippen LogP contribution in [0.3, 0.4) is 0 Å². The molecule has 0 saturated heterocycles. The number of nitro benzene ring substituents is 1. The smallest absolute Gasteiger partial charge is 0.305 e. The number of carbonyl (C=O) groups excluding carboxylic acids is 1. The summed E-state index contributed by atoms with van der Waals surface area (Å²) in [6, 6.07) is 1.31. The van der Waals surface area contributed by atoms with Gasteiger partial charge in [-0.2, -0.15) is 4.39 Å².